The first kappa shape index (κ1) is 17.4. The average Bonchev–Trinajstić information content (AvgIpc) is 2.91. The van der Waals surface area contributed by atoms with Gasteiger partial charge in [0, 0.05) is 30.8 Å². The lowest BCUT2D eigenvalue weighted by Gasteiger charge is -2.11. The van der Waals surface area contributed by atoms with E-state index in [1.807, 2.05) is 0 Å². The van der Waals surface area contributed by atoms with E-state index in [-0.39, 0.29) is 24.3 Å². The molecular formula is C14H13F3N4O3. The van der Waals surface area contributed by atoms with Crippen LogP contribution in [0.5, 0.6) is 0 Å². The number of amides is 1. The molecule has 0 bridgehead atoms. The topological polar surface area (TPSA) is 97.1 Å². The summed E-state index contributed by atoms with van der Waals surface area (Å²) in [7, 11) is 0. The van der Waals surface area contributed by atoms with Crippen molar-refractivity contribution < 1.29 is 27.9 Å². The lowest BCUT2D eigenvalue weighted by Crippen LogP contribution is -2.19. The van der Waals surface area contributed by atoms with Gasteiger partial charge in [0.2, 0.25) is 0 Å². The average molecular weight is 342 g/mol. The van der Waals surface area contributed by atoms with Crippen molar-refractivity contribution in [1.82, 2.24) is 20.1 Å². The van der Waals surface area contributed by atoms with Gasteiger partial charge in [0.05, 0.1) is 12.7 Å². The minimum atomic E-state index is -4.63. The molecule has 7 nitrogen and oxygen atoms in total. The second kappa shape index (κ2) is 6.69. The fourth-order valence-corrected chi connectivity index (χ4v) is 2.01. The molecule has 0 aliphatic rings. The summed E-state index contributed by atoms with van der Waals surface area (Å²) in [6.07, 6.45) is -2.88. The number of alkyl halides is 3. The summed E-state index contributed by atoms with van der Waals surface area (Å²) in [6, 6.07) is 1.99. The molecule has 0 unspecified atom stereocenters. The van der Waals surface area contributed by atoms with Crippen LogP contribution in [0.15, 0.2) is 24.5 Å². The molecule has 2 aromatic rings. The van der Waals surface area contributed by atoms with Gasteiger partial charge in [-0.05, 0) is 6.07 Å². The van der Waals surface area contributed by atoms with Gasteiger partial charge in [-0.15, -0.1) is 0 Å². The van der Waals surface area contributed by atoms with Gasteiger partial charge in [-0.2, -0.15) is 18.3 Å². The van der Waals surface area contributed by atoms with Gasteiger partial charge in [-0.3, -0.25) is 9.48 Å². The van der Waals surface area contributed by atoms with Crippen LogP contribution < -0.4 is 5.32 Å². The minimum Gasteiger partial charge on any atom is -0.465 e. The van der Waals surface area contributed by atoms with Crippen molar-refractivity contribution in [3.63, 3.8) is 0 Å². The van der Waals surface area contributed by atoms with E-state index in [0.29, 0.717) is 5.56 Å². The maximum absolute atomic E-state index is 12.7. The van der Waals surface area contributed by atoms with Gasteiger partial charge < -0.3 is 10.4 Å². The Balaban J connectivity index is 2.23. The Morgan fingerprint density at radius 3 is 2.62 bits per heavy atom. The number of carbonyl (C=O) groups is 2. The highest BCUT2D eigenvalue weighted by molar-refractivity contribution is 5.93. The second-order valence-electron chi connectivity index (χ2n) is 4.96. The van der Waals surface area contributed by atoms with Gasteiger partial charge in [0.15, 0.2) is 5.78 Å². The first-order chi connectivity index (χ1) is 11.2. The summed E-state index contributed by atoms with van der Waals surface area (Å²) < 4.78 is 39.5. The number of ketones is 1. The molecular weight excluding hydrogens is 329 g/mol. The zero-order valence-electron chi connectivity index (χ0n) is 12.5. The van der Waals surface area contributed by atoms with E-state index in [2.05, 4.69) is 15.4 Å². The van der Waals surface area contributed by atoms with E-state index in [4.69, 9.17) is 5.11 Å². The Kier molecular flexibility index (Phi) is 4.86. The smallest absolute Gasteiger partial charge is 0.433 e. The molecule has 2 heterocycles. The standard InChI is InChI=1S/C14H13F3N4O3/c1-8(22)12-10(2-3-11(20-12)14(15,16)17)7-21-6-9(5-19-21)4-18-13(23)24/h2-3,5-6,18H,4,7H2,1H3,(H,23,24). The second-order valence-corrected chi connectivity index (χ2v) is 4.96. The summed E-state index contributed by atoms with van der Waals surface area (Å²) in [5.41, 5.74) is -0.549. The van der Waals surface area contributed by atoms with Crippen LogP contribution in [0.2, 0.25) is 0 Å². The molecule has 24 heavy (non-hydrogen) atoms. The normalized spacial score (nSPS) is 11.3. The highest BCUT2D eigenvalue weighted by Gasteiger charge is 2.33. The van der Waals surface area contributed by atoms with Crippen LogP contribution in [0.4, 0.5) is 18.0 Å². The number of rotatable bonds is 5. The maximum Gasteiger partial charge on any atom is 0.433 e. The molecule has 0 spiro atoms. The van der Waals surface area contributed by atoms with E-state index in [1.54, 1.807) is 0 Å². The monoisotopic (exact) mass is 342 g/mol. The minimum absolute atomic E-state index is 0.0348. The third kappa shape index (κ3) is 4.31. The lowest BCUT2D eigenvalue weighted by molar-refractivity contribution is -0.141. The number of halogens is 3. The Labute approximate surface area is 134 Å². The Morgan fingerprint density at radius 2 is 2.04 bits per heavy atom. The molecule has 0 aromatic carbocycles. The molecule has 1 amide bonds. The highest BCUT2D eigenvalue weighted by atomic mass is 19.4. The number of carbonyl (C=O) groups excluding carboxylic acids is 1. The first-order valence-electron chi connectivity index (χ1n) is 6.73. The van der Waals surface area contributed by atoms with E-state index in [9.17, 15) is 22.8 Å². The molecule has 0 saturated carbocycles. The van der Waals surface area contributed by atoms with Gasteiger partial charge in [-0.25, -0.2) is 9.78 Å². The molecule has 128 valence electrons. The van der Waals surface area contributed by atoms with E-state index in [1.165, 1.54) is 23.1 Å². The number of aromatic nitrogens is 3. The van der Waals surface area contributed by atoms with Crippen LogP contribution >= 0.6 is 0 Å². The number of pyridine rings is 1. The van der Waals surface area contributed by atoms with E-state index >= 15 is 0 Å². The van der Waals surface area contributed by atoms with Crippen LogP contribution in [-0.4, -0.2) is 31.7 Å². The van der Waals surface area contributed by atoms with Crippen molar-refractivity contribution in [3.05, 3.63) is 47.0 Å². The molecule has 2 rings (SSSR count). The number of carboxylic acid groups (broad SMARTS) is 1. The van der Waals surface area contributed by atoms with Crippen molar-refractivity contribution >= 4 is 11.9 Å². The molecule has 10 heteroatoms. The predicted molar refractivity (Wildman–Crippen MR) is 75.4 cm³/mol. The van der Waals surface area contributed by atoms with Crippen LogP contribution in [-0.2, 0) is 19.3 Å². The van der Waals surface area contributed by atoms with Crippen LogP contribution in [0.3, 0.4) is 0 Å². The summed E-state index contributed by atoms with van der Waals surface area (Å²) in [5.74, 6) is -0.587. The third-order valence-corrected chi connectivity index (χ3v) is 3.07. The van der Waals surface area contributed by atoms with Crippen LogP contribution in [0.25, 0.3) is 0 Å². The zero-order chi connectivity index (χ0) is 17.9. The van der Waals surface area contributed by atoms with E-state index < -0.39 is 23.7 Å². The molecule has 0 aliphatic heterocycles. The van der Waals surface area contributed by atoms with E-state index in [0.717, 1.165) is 13.0 Å². The Morgan fingerprint density at radius 1 is 1.33 bits per heavy atom. The third-order valence-electron chi connectivity index (χ3n) is 3.07. The molecule has 2 N–H and O–H groups in total. The number of Topliss-reactive ketones (excluding diaryl/α,β-unsaturated/α-hetero) is 1. The molecule has 0 radical (unpaired) electrons. The maximum atomic E-state index is 12.7. The van der Waals surface area contributed by atoms with Gasteiger partial charge in [0.25, 0.3) is 0 Å². The summed E-state index contributed by atoms with van der Waals surface area (Å²) in [6.45, 7) is 1.21. The molecule has 2 aromatic heterocycles. The summed E-state index contributed by atoms with van der Waals surface area (Å²) >= 11 is 0. The number of nitrogens with zero attached hydrogens (tertiary/aromatic N) is 3. The highest BCUT2D eigenvalue weighted by Crippen LogP contribution is 2.28. The van der Waals surface area contributed by atoms with Gasteiger partial charge in [0.1, 0.15) is 11.4 Å². The Bertz CT molecular complexity index is 771. The van der Waals surface area contributed by atoms with Crippen molar-refractivity contribution in [2.75, 3.05) is 0 Å². The fourth-order valence-electron chi connectivity index (χ4n) is 2.01. The van der Waals surface area contributed by atoms with Gasteiger partial charge >= 0.3 is 12.3 Å². The van der Waals surface area contributed by atoms with Gasteiger partial charge in [-0.1, -0.05) is 6.07 Å². The molecule has 0 aliphatic carbocycles. The summed E-state index contributed by atoms with van der Waals surface area (Å²) in [5, 5.41) is 14.7. The quantitative estimate of drug-likeness (QED) is 0.813. The predicted octanol–water partition coefficient (Wildman–Crippen LogP) is 2.32. The lowest BCUT2D eigenvalue weighted by atomic mass is 10.1. The van der Waals surface area contributed by atoms with Crippen molar-refractivity contribution in [1.29, 1.82) is 0 Å². The van der Waals surface area contributed by atoms with Crippen LogP contribution in [0, 0.1) is 0 Å². The largest absolute Gasteiger partial charge is 0.465 e. The Hall–Kier alpha value is -2.91. The van der Waals surface area contributed by atoms with Crippen molar-refractivity contribution in [2.24, 2.45) is 0 Å². The molecule has 0 fully saturated rings. The fraction of sp³-hybridized carbons (Fsp3) is 0.286. The molecule has 0 saturated heterocycles. The number of hydrogen-bond acceptors (Lipinski definition) is 4. The van der Waals surface area contributed by atoms with Crippen molar-refractivity contribution in [3.8, 4) is 0 Å². The zero-order valence-corrected chi connectivity index (χ0v) is 12.5. The molecule has 0 atom stereocenters. The van der Waals surface area contributed by atoms with Crippen LogP contribution in [0.1, 0.15) is 34.2 Å². The van der Waals surface area contributed by atoms with Crippen molar-refractivity contribution in [2.45, 2.75) is 26.2 Å². The number of nitrogens with one attached hydrogen (secondary N) is 1. The first-order valence-corrected chi connectivity index (χ1v) is 6.73. The number of hydrogen-bond donors (Lipinski definition) is 2. The SMILES string of the molecule is CC(=O)c1nc(C(F)(F)F)ccc1Cn1cc(CNC(=O)O)cn1. The summed E-state index contributed by atoms with van der Waals surface area (Å²) in [4.78, 5) is 25.4.